The first-order chi connectivity index (χ1) is 10.1. The van der Waals surface area contributed by atoms with Gasteiger partial charge in [-0.1, -0.05) is 18.2 Å². The Balaban J connectivity index is 1.62. The molecule has 0 aliphatic carbocycles. The van der Waals surface area contributed by atoms with E-state index in [0.29, 0.717) is 19.5 Å². The number of aliphatic carboxylic acids is 1. The minimum absolute atomic E-state index is 0.206. The van der Waals surface area contributed by atoms with Crippen LogP contribution in [0.4, 0.5) is 4.79 Å². The molecule has 0 bridgehead atoms. The monoisotopic (exact) mass is 287 g/mol. The number of aromatic amines is 1. The predicted molar refractivity (Wildman–Crippen MR) is 77.9 cm³/mol. The third-order valence-electron chi connectivity index (χ3n) is 3.93. The van der Waals surface area contributed by atoms with Gasteiger partial charge in [0.25, 0.3) is 0 Å². The van der Waals surface area contributed by atoms with E-state index in [1.807, 2.05) is 30.5 Å². The average Bonchev–Trinajstić information content (AvgIpc) is 3.13. The first-order valence-corrected chi connectivity index (χ1v) is 6.95. The van der Waals surface area contributed by atoms with E-state index < -0.39 is 11.9 Å². The van der Waals surface area contributed by atoms with Crippen LogP contribution in [0.3, 0.4) is 0 Å². The third-order valence-corrected chi connectivity index (χ3v) is 3.93. The Kier molecular flexibility index (Phi) is 3.51. The number of likely N-dealkylation sites (tertiary alicyclic amines) is 1. The second kappa shape index (κ2) is 5.47. The van der Waals surface area contributed by atoms with Crippen LogP contribution in [-0.4, -0.2) is 40.1 Å². The summed E-state index contributed by atoms with van der Waals surface area (Å²) in [5.74, 6) is -1.27. The number of amides is 2. The van der Waals surface area contributed by atoms with Gasteiger partial charge in [0.1, 0.15) is 0 Å². The van der Waals surface area contributed by atoms with E-state index in [0.717, 1.165) is 16.5 Å². The van der Waals surface area contributed by atoms with Crippen molar-refractivity contribution in [1.29, 1.82) is 0 Å². The number of para-hydroxylation sites is 1. The number of benzene rings is 1. The Morgan fingerprint density at radius 2 is 2.24 bits per heavy atom. The van der Waals surface area contributed by atoms with Crippen molar-refractivity contribution in [3.63, 3.8) is 0 Å². The number of carbonyl (C=O) groups excluding carboxylic acids is 1. The number of aromatic nitrogens is 1. The molecule has 21 heavy (non-hydrogen) atoms. The summed E-state index contributed by atoms with van der Waals surface area (Å²) < 4.78 is 0. The van der Waals surface area contributed by atoms with Crippen LogP contribution in [0.1, 0.15) is 12.0 Å². The fourth-order valence-electron chi connectivity index (χ4n) is 2.73. The van der Waals surface area contributed by atoms with Gasteiger partial charge in [-0.3, -0.25) is 4.79 Å². The van der Waals surface area contributed by atoms with Gasteiger partial charge in [-0.15, -0.1) is 0 Å². The Hall–Kier alpha value is -2.50. The molecule has 1 saturated heterocycles. The number of carboxylic acid groups (broad SMARTS) is 1. The van der Waals surface area contributed by atoms with Gasteiger partial charge in [-0.2, -0.15) is 0 Å². The molecule has 2 aromatic rings. The van der Waals surface area contributed by atoms with Crippen LogP contribution in [0.5, 0.6) is 0 Å². The van der Waals surface area contributed by atoms with Crippen LogP contribution < -0.4 is 5.32 Å². The summed E-state index contributed by atoms with van der Waals surface area (Å²) in [7, 11) is 0. The second-order valence-electron chi connectivity index (χ2n) is 5.29. The maximum absolute atomic E-state index is 12.1. The van der Waals surface area contributed by atoms with E-state index >= 15 is 0 Å². The second-order valence-corrected chi connectivity index (χ2v) is 5.29. The zero-order valence-electron chi connectivity index (χ0n) is 11.5. The highest BCUT2D eigenvalue weighted by molar-refractivity contribution is 5.83. The minimum Gasteiger partial charge on any atom is -0.481 e. The molecule has 1 unspecified atom stereocenters. The maximum atomic E-state index is 12.1. The summed E-state index contributed by atoms with van der Waals surface area (Å²) in [6.45, 7) is 1.20. The number of fused-ring (bicyclic) bond motifs is 1. The maximum Gasteiger partial charge on any atom is 0.317 e. The molecule has 0 spiro atoms. The summed E-state index contributed by atoms with van der Waals surface area (Å²) in [6, 6.07) is 7.70. The number of hydrogen-bond donors (Lipinski definition) is 3. The molecule has 1 aliphatic rings. The molecular formula is C15H17N3O3. The zero-order chi connectivity index (χ0) is 14.8. The number of rotatable bonds is 3. The molecule has 1 aliphatic heterocycles. The Bertz CT molecular complexity index is 680. The van der Waals surface area contributed by atoms with E-state index in [-0.39, 0.29) is 12.6 Å². The van der Waals surface area contributed by atoms with Gasteiger partial charge >= 0.3 is 12.0 Å². The molecule has 0 radical (unpaired) electrons. The normalized spacial score (nSPS) is 18.1. The Morgan fingerprint density at radius 1 is 1.38 bits per heavy atom. The Morgan fingerprint density at radius 3 is 3.00 bits per heavy atom. The SMILES string of the molecule is O=C(O)C1CCN(C(=O)NCc2cccc3cc[nH]c23)C1. The summed E-state index contributed by atoms with van der Waals surface area (Å²) in [6.07, 6.45) is 2.39. The quantitative estimate of drug-likeness (QED) is 0.804. The molecular weight excluding hydrogens is 270 g/mol. The third kappa shape index (κ3) is 2.69. The lowest BCUT2D eigenvalue weighted by molar-refractivity contribution is -0.141. The van der Waals surface area contributed by atoms with E-state index in [1.165, 1.54) is 0 Å². The minimum atomic E-state index is -0.832. The molecule has 1 fully saturated rings. The first kappa shape index (κ1) is 13.5. The molecule has 3 rings (SSSR count). The molecule has 110 valence electrons. The topological polar surface area (TPSA) is 85.4 Å². The van der Waals surface area contributed by atoms with Crippen molar-refractivity contribution >= 4 is 22.9 Å². The van der Waals surface area contributed by atoms with E-state index in [2.05, 4.69) is 10.3 Å². The van der Waals surface area contributed by atoms with Gasteiger partial charge in [-0.05, 0) is 23.4 Å². The number of hydrogen-bond acceptors (Lipinski definition) is 2. The standard InChI is InChI=1S/C15H17N3O3/c19-14(20)12-5-7-18(9-12)15(21)17-8-11-3-1-2-10-4-6-16-13(10)11/h1-4,6,12,16H,5,7-9H2,(H,17,21)(H,19,20). The molecule has 1 atom stereocenters. The highest BCUT2D eigenvalue weighted by atomic mass is 16.4. The van der Waals surface area contributed by atoms with Gasteiger partial charge < -0.3 is 20.3 Å². The van der Waals surface area contributed by atoms with E-state index in [1.54, 1.807) is 4.90 Å². The molecule has 1 aromatic heterocycles. The number of carboxylic acids is 1. The lowest BCUT2D eigenvalue weighted by Gasteiger charge is -2.17. The van der Waals surface area contributed by atoms with Gasteiger partial charge in [-0.25, -0.2) is 4.79 Å². The summed E-state index contributed by atoms with van der Waals surface area (Å²) in [4.78, 5) is 27.7. The van der Waals surface area contributed by atoms with Crippen LogP contribution in [-0.2, 0) is 11.3 Å². The van der Waals surface area contributed by atoms with Crippen molar-refractivity contribution in [2.24, 2.45) is 5.92 Å². The molecule has 6 nitrogen and oxygen atoms in total. The number of urea groups is 1. The zero-order valence-corrected chi connectivity index (χ0v) is 11.5. The number of carbonyl (C=O) groups is 2. The lowest BCUT2D eigenvalue weighted by atomic mass is 10.1. The summed E-state index contributed by atoms with van der Waals surface area (Å²) in [5, 5.41) is 12.9. The number of nitrogens with zero attached hydrogens (tertiary/aromatic N) is 1. The summed E-state index contributed by atoms with van der Waals surface area (Å²) >= 11 is 0. The van der Waals surface area contributed by atoms with Crippen molar-refractivity contribution in [1.82, 2.24) is 15.2 Å². The smallest absolute Gasteiger partial charge is 0.317 e. The van der Waals surface area contributed by atoms with Gasteiger partial charge in [0.2, 0.25) is 0 Å². The Labute approximate surface area is 121 Å². The van der Waals surface area contributed by atoms with Gasteiger partial charge in [0.15, 0.2) is 0 Å². The molecule has 3 N–H and O–H groups in total. The highest BCUT2D eigenvalue weighted by Crippen LogP contribution is 2.18. The van der Waals surface area contributed by atoms with Crippen molar-refractivity contribution in [2.45, 2.75) is 13.0 Å². The lowest BCUT2D eigenvalue weighted by Crippen LogP contribution is -2.38. The van der Waals surface area contributed by atoms with Gasteiger partial charge in [0, 0.05) is 25.8 Å². The van der Waals surface area contributed by atoms with Crippen LogP contribution in [0, 0.1) is 5.92 Å². The summed E-state index contributed by atoms with van der Waals surface area (Å²) in [5.41, 5.74) is 2.03. The van der Waals surface area contributed by atoms with Crippen LogP contribution in [0.15, 0.2) is 30.5 Å². The fourth-order valence-corrected chi connectivity index (χ4v) is 2.73. The van der Waals surface area contributed by atoms with Crippen LogP contribution >= 0.6 is 0 Å². The molecule has 1 aromatic carbocycles. The van der Waals surface area contributed by atoms with Crippen LogP contribution in [0.2, 0.25) is 0 Å². The molecule has 2 heterocycles. The molecule has 0 saturated carbocycles. The first-order valence-electron chi connectivity index (χ1n) is 6.95. The number of nitrogens with one attached hydrogen (secondary N) is 2. The van der Waals surface area contributed by atoms with Crippen molar-refractivity contribution in [3.8, 4) is 0 Å². The fraction of sp³-hybridized carbons (Fsp3) is 0.333. The highest BCUT2D eigenvalue weighted by Gasteiger charge is 2.30. The van der Waals surface area contributed by atoms with Crippen LogP contribution in [0.25, 0.3) is 10.9 Å². The predicted octanol–water partition coefficient (Wildman–Crippen LogP) is 1.78. The van der Waals surface area contributed by atoms with Crippen molar-refractivity contribution in [3.05, 3.63) is 36.0 Å². The average molecular weight is 287 g/mol. The van der Waals surface area contributed by atoms with Crippen molar-refractivity contribution in [2.75, 3.05) is 13.1 Å². The molecule has 2 amide bonds. The van der Waals surface area contributed by atoms with E-state index in [4.69, 9.17) is 5.11 Å². The van der Waals surface area contributed by atoms with Crippen molar-refractivity contribution < 1.29 is 14.7 Å². The van der Waals surface area contributed by atoms with E-state index in [9.17, 15) is 9.59 Å². The largest absolute Gasteiger partial charge is 0.481 e. The van der Waals surface area contributed by atoms with Gasteiger partial charge in [0.05, 0.1) is 11.4 Å². The number of H-pyrrole nitrogens is 1. The molecule has 6 heteroatoms.